The number of hydrogen-bond acceptors (Lipinski definition) is 3. The van der Waals surface area contributed by atoms with Gasteiger partial charge in [-0.2, -0.15) is 0 Å². The van der Waals surface area contributed by atoms with Gasteiger partial charge in [-0.15, -0.1) is 0 Å². The van der Waals surface area contributed by atoms with E-state index in [-0.39, 0.29) is 5.91 Å². The highest BCUT2D eigenvalue weighted by atomic mass is 16.2. The van der Waals surface area contributed by atoms with E-state index in [0.29, 0.717) is 18.7 Å². The molecule has 0 unspecified atom stereocenters. The highest BCUT2D eigenvalue weighted by Crippen LogP contribution is 2.18. The van der Waals surface area contributed by atoms with Gasteiger partial charge in [0.2, 0.25) is 5.91 Å². The van der Waals surface area contributed by atoms with Gasteiger partial charge in [-0.05, 0) is 18.6 Å². The molecule has 0 atom stereocenters. The fraction of sp³-hybridized carbons (Fsp3) is 0.250. The highest BCUT2D eigenvalue weighted by Gasteiger charge is 2.24. The zero-order valence-electron chi connectivity index (χ0n) is 9.88. The van der Waals surface area contributed by atoms with Crippen molar-refractivity contribution in [3.05, 3.63) is 30.2 Å². The molecule has 6 nitrogen and oxygen atoms in total. The molecule has 0 aliphatic carbocycles. The molecule has 92 valence electrons. The highest BCUT2D eigenvalue weighted by molar-refractivity contribution is 6.05. The smallest absolute Gasteiger partial charge is 0.306 e. The zero-order valence-corrected chi connectivity index (χ0v) is 9.88. The number of nitrogens with zero attached hydrogens (tertiary/aromatic N) is 3. The molecule has 0 bridgehead atoms. The van der Waals surface area contributed by atoms with Crippen molar-refractivity contribution in [2.45, 2.75) is 13.3 Å². The summed E-state index contributed by atoms with van der Waals surface area (Å²) in [7, 11) is 0. The van der Waals surface area contributed by atoms with Crippen molar-refractivity contribution in [3.63, 3.8) is 0 Å². The lowest BCUT2D eigenvalue weighted by Gasteiger charge is -2.26. The molecule has 1 N–H and O–H groups in total. The summed E-state index contributed by atoms with van der Waals surface area (Å²) in [5.41, 5.74) is 2.63. The number of carbonyl (C=O) groups is 2. The summed E-state index contributed by atoms with van der Waals surface area (Å²) in [5, 5.41) is 2.29. The standard InChI is InChI=1S/C12H12N4O2/c1-8-2-4-15-7-9(6-13-11(8)15)16-5-3-10(17)14-12(16)18/h2,4,6-7H,3,5H2,1H3,(H,14,17,18). The summed E-state index contributed by atoms with van der Waals surface area (Å²) in [5.74, 6) is -0.234. The molecule has 2 aromatic heterocycles. The van der Waals surface area contributed by atoms with Crippen molar-refractivity contribution in [2.75, 3.05) is 11.4 Å². The fourth-order valence-electron chi connectivity index (χ4n) is 2.07. The number of anilines is 1. The first-order valence-electron chi connectivity index (χ1n) is 5.70. The number of fused-ring (bicyclic) bond motifs is 1. The summed E-state index contributed by atoms with van der Waals surface area (Å²) in [6.45, 7) is 2.37. The van der Waals surface area contributed by atoms with E-state index in [0.717, 1.165) is 11.2 Å². The van der Waals surface area contributed by atoms with Crippen LogP contribution in [0.1, 0.15) is 12.0 Å². The maximum Gasteiger partial charge on any atom is 0.328 e. The first-order chi connectivity index (χ1) is 8.65. The van der Waals surface area contributed by atoms with Crippen LogP contribution in [0.15, 0.2) is 24.7 Å². The first-order valence-corrected chi connectivity index (χ1v) is 5.70. The second-order valence-corrected chi connectivity index (χ2v) is 4.30. The molecule has 0 spiro atoms. The number of imide groups is 1. The predicted molar refractivity (Wildman–Crippen MR) is 65.4 cm³/mol. The Morgan fingerprint density at radius 3 is 3.00 bits per heavy atom. The van der Waals surface area contributed by atoms with Crippen molar-refractivity contribution < 1.29 is 9.59 Å². The number of amides is 3. The normalized spacial score (nSPS) is 16.2. The van der Waals surface area contributed by atoms with E-state index in [2.05, 4.69) is 10.3 Å². The summed E-state index contributed by atoms with van der Waals surface area (Å²) in [6.07, 6.45) is 5.70. The van der Waals surface area contributed by atoms with Crippen LogP contribution >= 0.6 is 0 Å². The molecule has 1 aliphatic heterocycles. The molecule has 3 rings (SSSR count). The van der Waals surface area contributed by atoms with Gasteiger partial charge in [0.15, 0.2) is 0 Å². The van der Waals surface area contributed by atoms with E-state index in [1.807, 2.05) is 29.8 Å². The minimum atomic E-state index is -0.392. The van der Waals surface area contributed by atoms with Crippen LogP contribution in [0.5, 0.6) is 0 Å². The van der Waals surface area contributed by atoms with Crippen LogP contribution in [0.3, 0.4) is 0 Å². The number of urea groups is 1. The second kappa shape index (κ2) is 3.83. The number of aromatic nitrogens is 2. The maximum atomic E-state index is 11.7. The van der Waals surface area contributed by atoms with Crippen LogP contribution < -0.4 is 10.2 Å². The second-order valence-electron chi connectivity index (χ2n) is 4.30. The van der Waals surface area contributed by atoms with E-state index < -0.39 is 6.03 Å². The van der Waals surface area contributed by atoms with E-state index in [4.69, 9.17) is 0 Å². The Balaban J connectivity index is 1.99. The summed E-state index contributed by atoms with van der Waals surface area (Å²) in [4.78, 5) is 28.6. The number of rotatable bonds is 1. The third kappa shape index (κ3) is 1.62. The third-order valence-electron chi connectivity index (χ3n) is 3.04. The fourth-order valence-corrected chi connectivity index (χ4v) is 2.07. The van der Waals surface area contributed by atoms with Gasteiger partial charge in [-0.1, -0.05) is 0 Å². The molecule has 1 fully saturated rings. The Hall–Kier alpha value is -2.37. The van der Waals surface area contributed by atoms with Gasteiger partial charge in [0.1, 0.15) is 5.65 Å². The zero-order chi connectivity index (χ0) is 12.7. The lowest BCUT2D eigenvalue weighted by atomic mass is 10.3. The summed E-state index contributed by atoms with van der Waals surface area (Å²) >= 11 is 0. The molecule has 1 saturated heterocycles. The van der Waals surface area contributed by atoms with Crippen LogP contribution in [-0.2, 0) is 4.79 Å². The number of aryl methyl sites for hydroxylation is 1. The Kier molecular flexibility index (Phi) is 2.29. The summed E-state index contributed by atoms with van der Waals surface area (Å²) < 4.78 is 1.87. The first kappa shape index (κ1) is 10.8. The lowest BCUT2D eigenvalue weighted by Crippen LogP contribution is -2.49. The third-order valence-corrected chi connectivity index (χ3v) is 3.04. The van der Waals surface area contributed by atoms with Gasteiger partial charge in [0, 0.05) is 25.4 Å². The molecule has 18 heavy (non-hydrogen) atoms. The van der Waals surface area contributed by atoms with E-state index in [1.54, 1.807) is 6.20 Å². The average molecular weight is 244 g/mol. The Morgan fingerprint density at radius 2 is 2.22 bits per heavy atom. The predicted octanol–water partition coefficient (Wildman–Crippen LogP) is 1.09. The molecule has 0 saturated carbocycles. The van der Waals surface area contributed by atoms with Crippen molar-refractivity contribution in [1.82, 2.24) is 14.7 Å². The lowest BCUT2D eigenvalue weighted by molar-refractivity contribution is -0.120. The number of carbonyl (C=O) groups excluding carboxylic acids is 2. The average Bonchev–Trinajstić information content (AvgIpc) is 2.71. The largest absolute Gasteiger partial charge is 0.328 e. The number of nitrogens with one attached hydrogen (secondary N) is 1. The van der Waals surface area contributed by atoms with Crippen LogP contribution in [0.25, 0.3) is 5.65 Å². The minimum absolute atomic E-state index is 0.234. The van der Waals surface area contributed by atoms with Crippen LogP contribution in [-0.4, -0.2) is 27.9 Å². The molecular formula is C12H12N4O2. The Labute approximate surface area is 103 Å². The van der Waals surface area contributed by atoms with E-state index in [1.165, 1.54) is 4.90 Å². The molecule has 1 aliphatic rings. The molecule has 3 heterocycles. The van der Waals surface area contributed by atoms with Gasteiger partial charge in [-0.3, -0.25) is 15.0 Å². The molecular weight excluding hydrogens is 232 g/mol. The monoisotopic (exact) mass is 244 g/mol. The van der Waals surface area contributed by atoms with Crippen LogP contribution in [0.2, 0.25) is 0 Å². The Morgan fingerprint density at radius 1 is 1.39 bits per heavy atom. The quantitative estimate of drug-likeness (QED) is 0.816. The van der Waals surface area contributed by atoms with Gasteiger partial charge >= 0.3 is 6.03 Å². The number of hydrogen-bond donors (Lipinski definition) is 1. The van der Waals surface area contributed by atoms with Gasteiger partial charge in [0.05, 0.1) is 11.9 Å². The van der Waals surface area contributed by atoms with Gasteiger partial charge in [0.25, 0.3) is 0 Å². The van der Waals surface area contributed by atoms with Gasteiger partial charge < -0.3 is 4.40 Å². The SMILES string of the molecule is Cc1ccn2cc(N3CCC(=O)NC3=O)cnc12. The minimum Gasteiger partial charge on any atom is -0.306 e. The summed E-state index contributed by atoms with van der Waals surface area (Å²) in [6, 6.07) is 1.57. The Bertz CT molecular complexity index is 647. The van der Waals surface area contributed by atoms with Crippen molar-refractivity contribution in [1.29, 1.82) is 0 Å². The van der Waals surface area contributed by atoms with Crippen LogP contribution in [0.4, 0.5) is 10.5 Å². The van der Waals surface area contributed by atoms with Crippen molar-refractivity contribution >= 4 is 23.3 Å². The van der Waals surface area contributed by atoms with E-state index in [9.17, 15) is 9.59 Å². The molecule has 2 aromatic rings. The van der Waals surface area contributed by atoms with Crippen LogP contribution in [0, 0.1) is 6.92 Å². The molecule has 0 radical (unpaired) electrons. The topological polar surface area (TPSA) is 66.7 Å². The molecule has 0 aromatic carbocycles. The molecule has 3 amide bonds. The van der Waals surface area contributed by atoms with Crippen molar-refractivity contribution in [2.24, 2.45) is 0 Å². The van der Waals surface area contributed by atoms with Crippen molar-refractivity contribution in [3.8, 4) is 0 Å². The van der Waals surface area contributed by atoms with E-state index >= 15 is 0 Å². The molecule has 6 heteroatoms. The maximum absolute atomic E-state index is 11.7. The van der Waals surface area contributed by atoms with Gasteiger partial charge in [-0.25, -0.2) is 9.78 Å².